The van der Waals surface area contributed by atoms with Gasteiger partial charge in [-0.1, -0.05) is 57.0 Å². The van der Waals surface area contributed by atoms with Gasteiger partial charge in [0.1, 0.15) is 0 Å². The summed E-state index contributed by atoms with van der Waals surface area (Å²) in [5.41, 5.74) is 2.08. The van der Waals surface area contributed by atoms with Crippen LogP contribution in [-0.2, 0) is 6.42 Å². The summed E-state index contributed by atoms with van der Waals surface area (Å²) >= 11 is 0. The Bertz CT molecular complexity index is 365. The zero-order valence-corrected chi connectivity index (χ0v) is 13.3. The first-order chi connectivity index (χ1) is 9.80. The number of hydrogen-bond donors (Lipinski definition) is 1. The van der Waals surface area contributed by atoms with Gasteiger partial charge in [0.25, 0.3) is 0 Å². The number of benzene rings is 1. The maximum absolute atomic E-state index is 3.80. The van der Waals surface area contributed by atoms with Crippen LogP contribution < -0.4 is 5.32 Å². The average molecular weight is 273 g/mol. The highest BCUT2D eigenvalue weighted by Gasteiger charge is 2.38. The van der Waals surface area contributed by atoms with Crippen LogP contribution in [0.15, 0.2) is 30.3 Å². The van der Waals surface area contributed by atoms with Gasteiger partial charge in [0.15, 0.2) is 0 Å². The van der Waals surface area contributed by atoms with E-state index in [0.29, 0.717) is 5.41 Å². The lowest BCUT2D eigenvalue weighted by molar-refractivity contribution is 0.176. The van der Waals surface area contributed by atoms with Gasteiger partial charge in [-0.25, -0.2) is 0 Å². The van der Waals surface area contributed by atoms with E-state index in [4.69, 9.17) is 0 Å². The molecule has 0 amide bonds. The van der Waals surface area contributed by atoms with E-state index in [1.54, 1.807) is 0 Å². The van der Waals surface area contributed by atoms with E-state index in [1.165, 1.54) is 56.9 Å². The molecule has 20 heavy (non-hydrogen) atoms. The molecular formula is C19H31N. The first-order valence-corrected chi connectivity index (χ1v) is 8.58. The molecule has 0 aromatic heterocycles. The quantitative estimate of drug-likeness (QED) is 0.706. The molecule has 1 nitrogen and oxygen atoms in total. The second kappa shape index (κ2) is 7.83. The Hall–Kier alpha value is -0.820. The van der Waals surface area contributed by atoms with Gasteiger partial charge in [-0.05, 0) is 56.0 Å². The Labute approximate surface area is 125 Å². The molecule has 0 heterocycles. The second-order valence-electron chi connectivity index (χ2n) is 6.41. The summed E-state index contributed by atoms with van der Waals surface area (Å²) in [6, 6.07) is 11.7. The van der Waals surface area contributed by atoms with E-state index in [-0.39, 0.29) is 0 Å². The molecule has 1 saturated carbocycles. The van der Waals surface area contributed by atoms with Crippen molar-refractivity contribution >= 4 is 0 Å². The third kappa shape index (κ3) is 3.85. The van der Waals surface area contributed by atoms with Gasteiger partial charge >= 0.3 is 0 Å². The van der Waals surface area contributed by atoms with Crippen LogP contribution in [0.3, 0.4) is 0 Å². The number of aryl methyl sites for hydroxylation is 1. The molecule has 1 aliphatic carbocycles. The van der Waals surface area contributed by atoms with Crippen LogP contribution in [-0.4, -0.2) is 12.6 Å². The summed E-state index contributed by atoms with van der Waals surface area (Å²) in [5, 5.41) is 3.80. The molecule has 1 heteroatoms. The maximum Gasteiger partial charge on any atom is 0.0123 e. The molecule has 1 N–H and O–H groups in total. The van der Waals surface area contributed by atoms with E-state index in [0.717, 1.165) is 12.6 Å². The van der Waals surface area contributed by atoms with E-state index < -0.39 is 0 Å². The first-order valence-electron chi connectivity index (χ1n) is 8.58. The zero-order chi connectivity index (χ0) is 14.3. The fourth-order valence-electron chi connectivity index (χ4n) is 4.05. The van der Waals surface area contributed by atoms with Crippen molar-refractivity contribution in [3.63, 3.8) is 0 Å². The van der Waals surface area contributed by atoms with Gasteiger partial charge < -0.3 is 5.32 Å². The molecule has 0 spiro atoms. The topological polar surface area (TPSA) is 12.0 Å². The van der Waals surface area contributed by atoms with Crippen LogP contribution in [0.2, 0.25) is 0 Å². The van der Waals surface area contributed by atoms with E-state index >= 15 is 0 Å². The highest BCUT2D eigenvalue weighted by Crippen LogP contribution is 2.45. The maximum atomic E-state index is 3.80. The van der Waals surface area contributed by atoms with Crippen molar-refractivity contribution in [2.75, 3.05) is 6.54 Å². The molecule has 0 aliphatic heterocycles. The van der Waals surface area contributed by atoms with Gasteiger partial charge in [0.2, 0.25) is 0 Å². The number of hydrogen-bond acceptors (Lipinski definition) is 1. The Morgan fingerprint density at radius 1 is 1.10 bits per heavy atom. The minimum absolute atomic E-state index is 0.590. The van der Waals surface area contributed by atoms with Crippen molar-refractivity contribution in [2.24, 2.45) is 5.41 Å². The van der Waals surface area contributed by atoms with Crippen LogP contribution >= 0.6 is 0 Å². The van der Waals surface area contributed by atoms with E-state index in [9.17, 15) is 0 Å². The minimum Gasteiger partial charge on any atom is -0.314 e. The lowest BCUT2D eigenvalue weighted by atomic mass is 9.74. The second-order valence-corrected chi connectivity index (χ2v) is 6.41. The predicted molar refractivity (Wildman–Crippen MR) is 88.0 cm³/mol. The molecule has 0 saturated heterocycles. The molecule has 1 aromatic rings. The van der Waals surface area contributed by atoms with Crippen LogP contribution in [0.5, 0.6) is 0 Å². The monoisotopic (exact) mass is 273 g/mol. The van der Waals surface area contributed by atoms with Gasteiger partial charge in [0.05, 0.1) is 0 Å². The third-order valence-electron chi connectivity index (χ3n) is 5.29. The standard InChI is InChI=1S/C19H31N/c1-3-19(15-8-9-16-19)18(20-4-2)14-10-13-17-11-6-5-7-12-17/h5-7,11-12,18,20H,3-4,8-10,13-16H2,1-2H3. The predicted octanol–water partition coefficient (Wildman–Crippen LogP) is 4.96. The summed E-state index contributed by atoms with van der Waals surface area (Å²) in [4.78, 5) is 0. The molecule has 1 fully saturated rings. The largest absolute Gasteiger partial charge is 0.314 e. The zero-order valence-electron chi connectivity index (χ0n) is 13.3. The Morgan fingerprint density at radius 2 is 1.80 bits per heavy atom. The molecule has 1 unspecified atom stereocenters. The van der Waals surface area contributed by atoms with Crippen molar-refractivity contribution in [3.05, 3.63) is 35.9 Å². The summed E-state index contributed by atoms with van der Waals surface area (Å²) in [6.07, 6.45) is 11.0. The minimum atomic E-state index is 0.590. The van der Waals surface area contributed by atoms with Crippen molar-refractivity contribution in [2.45, 2.75) is 71.3 Å². The van der Waals surface area contributed by atoms with Gasteiger partial charge in [-0.2, -0.15) is 0 Å². The van der Waals surface area contributed by atoms with Gasteiger partial charge in [-0.3, -0.25) is 0 Å². The summed E-state index contributed by atoms with van der Waals surface area (Å²) in [5.74, 6) is 0. The fraction of sp³-hybridized carbons (Fsp3) is 0.684. The Morgan fingerprint density at radius 3 is 2.40 bits per heavy atom. The lowest BCUT2D eigenvalue weighted by Gasteiger charge is -2.38. The Kier molecular flexibility index (Phi) is 6.09. The van der Waals surface area contributed by atoms with Crippen LogP contribution in [0, 0.1) is 5.41 Å². The first kappa shape index (κ1) is 15.6. The summed E-state index contributed by atoms with van der Waals surface area (Å²) in [6.45, 7) is 5.76. The van der Waals surface area contributed by atoms with E-state index in [1.807, 2.05) is 0 Å². The molecule has 2 rings (SSSR count). The lowest BCUT2D eigenvalue weighted by Crippen LogP contribution is -2.43. The molecular weight excluding hydrogens is 242 g/mol. The summed E-state index contributed by atoms with van der Waals surface area (Å²) < 4.78 is 0. The van der Waals surface area contributed by atoms with Crippen LogP contribution in [0.4, 0.5) is 0 Å². The normalized spacial score (nSPS) is 19.1. The molecule has 1 atom stereocenters. The highest BCUT2D eigenvalue weighted by atomic mass is 14.9. The van der Waals surface area contributed by atoms with Crippen molar-refractivity contribution in [1.82, 2.24) is 5.32 Å². The number of nitrogens with one attached hydrogen (secondary N) is 1. The molecule has 0 radical (unpaired) electrons. The highest BCUT2D eigenvalue weighted by molar-refractivity contribution is 5.14. The Balaban J connectivity index is 1.89. The van der Waals surface area contributed by atoms with Gasteiger partial charge in [0, 0.05) is 6.04 Å². The fourth-order valence-corrected chi connectivity index (χ4v) is 4.05. The van der Waals surface area contributed by atoms with Gasteiger partial charge in [-0.15, -0.1) is 0 Å². The number of rotatable bonds is 8. The van der Waals surface area contributed by atoms with Crippen molar-refractivity contribution < 1.29 is 0 Å². The third-order valence-corrected chi connectivity index (χ3v) is 5.29. The molecule has 112 valence electrons. The average Bonchev–Trinajstić information content (AvgIpc) is 2.97. The van der Waals surface area contributed by atoms with Crippen LogP contribution in [0.25, 0.3) is 0 Å². The SMILES string of the molecule is CCNC(CCCc1ccccc1)C1(CC)CCCC1. The molecule has 0 bridgehead atoms. The molecule has 1 aliphatic rings. The van der Waals surface area contributed by atoms with Crippen molar-refractivity contribution in [3.8, 4) is 0 Å². The summed E-state index contributed by atoms with van der Waals surface area (Å²) in [7, 11) is 0. The smallest absolute Gasteiger partial charge is 0.0123 e. The molecule has 1 aromatic carbocycles. The van der Waals surface area contributed by atoms with E-state index in [2.05, 4.69) is 49.5 Å². The van der Waals surface area contributed by atoms with Crippen LogP contribution in [0.1, 0.15) is 64.4 Å². The van der Waals surface area contributed by atoms with Crippen molar-refractivity contribution in [1.29, 1.82) is 0 Å².